The summed E-state index contributed by atoms with van der Waals surface area (Å²) in [7, 11) is -2.61. The first kappa shape index (κ1) is 23.4. The number of rotatable bonds is 6. The molecule has 168 valence electrons. The van der Waals surface area contributed by atoms with Gasteiger partial charge in [-0.3, -0.25) is 0 Å². The Morgan fingerprint density at radius 3 is 2.44 bits per heavy atom. The Labute approximate surface area is 188 Å². The topological polar surface area (TPSA) is 135 Å². The average Bonchev–Trinajstić information content (AvgIpc) is 3.10. The van der Waals surface area contributed by atoms with Crippen LogP contribution in [0.15, 0.2) is 48.5 Å². The van der Waals surface area contributed by atoms with Crippen LogP contribution in [-0.4, -0.2) is 34.2 Å². The van der Waals surface area contributed by atoms with Gasteiger partial charge < -0.3 is 15.4 Å². The zero-order chi connectivity index (χ0) is 23.3. The quantitative estimate of drug-likeness (QED) is 0.401. The first-order valence-electron chi connectivity index (χ1n) is 10.4. The highest BCUT2D eigenvalue weighted by atomic mass is 32.2. The predicted molar refractivity (Wildman–Crippen MR) is 127 cm³/mol. The van der Waals surface area contributed by atoms with Gasteiger partial charge in [0.2, 0.25) is 0 Å². The molecule has 0 spiro atoms. The van der Waals surface area contributed by atoms with E-state index in [0.717, 1.165) is 58.2 Å². The second-order valence-corrected chi connectivity index (χ2v) is 8.09. The highest BCUT2D eigenvalue weighted by Gasteiger charge is 2.18. The second-order valence-electron chi connectivity index (χ2n) is 7.62. The number of benzene rings is 2. The van der Waals surface area contributed by atoms with Crippen molar-refractivity contribution in [2.24, 2.45) is 0 Å². The zero-order valence-corrected chi connectivity index (χ0v) is 18.9. The number of pyridine rings is 1. The number of aromatic nitrogens is 3. The Balaban J connectivity index is 0.000000668. The maximum absolute atomic E-state index is 10.1. The summed E-state index contributed by atoms with van der Waals surface area (Å²) in [5.74, 6) is 1.40. The molecule has 0 saturated carbocycles. The lowest BCUT2D eigenvalue weighted by molar-refractivity contribution is 0.174. The first-order valence-corrected chi connectivity index (χ1v) is 11.5. The predicted octanol–water partition coefficient (Wildman–Crippen LogP) is 4.18. The number of unbranched alkanes of at least 4 members (excludes halogenated alkanes) is 1. The molecule has 2 aromatic heterocycles. The van der Waals surface area contributed by atoms with Crippen molar-refractivity contribution >= 4 is 38.3 Å². The molecule has 4 rings (SSSR count). The highest BCUT2D eigenvalue weighted by Crippen LogP contribution is 2.32. The van der Waals surface area contributed by atoms with Crippen LogP contribution in [0.3, 0.4) is 0 Å². The fourth-order valence-corrected chi connectivity index (χ4v) is 3.75. The van der Waals surface area contributed by atoms with E-state index in [9.17, 15) is 5.11 Å². The van der Waals surface area contributed by atoms with Gasteiger partial charge in [0, 0.05) is 11.8 Å². The van der Waals surface area contributed by atoms with Gasteiger partial charge >= 0.3 is 10.5 Å². The van der Waals surface area contributed by atoms with Crippen LogP contribution in [0, 0.1) is 4.78 Å². The van der Waals surface area contributed by atoms with E-state index in [1.54, 1.807) is 6.92 Å². The number of aliphatic hydroxyl groups excluding tert-OH is 1. The van der Waals surface area contributed by atoms with E-state index >= 15 is 0 Å². The summed E-state index contributed by atoms with van der Waals surface area (Å²) >= 11 is 0. The molecule has 0 bridgehead atoms. The van der Waals surface area contributed by atoms with Gasteiger partial charge in [-0.2, -0.15) is 13.2 Å². The fourth-order valence-electron chi connectivity index (χ4n) is 3.75. The summed E-state index contributed by atoms with van der Waals surface area (Å²) in [4.78, 5) is 9.44. The molecule has 0 aliphatic heterocycles. The number of nitrogens with zero attached hydrogens (tertiary/aromatic N) is 3. The molecule has 4 N–H and O–H groups in total. The van der Waals surface area contributed by atoms with Crippen molar-refractivity contribution < 1.29 is 13.5 Å². The van der Waals surface area contributed by atoms with Gasteiger partial charge in [0.15, 0.2) is 5.82 Å². The van der Waals surface area contributed by atoms with E-state index in [1.165, 1.54) is 0 Å². The van der Waals surface area contributed by atoms with E-state index in [1.807, 2.05) is 18.2 Å². The molecule has 1 unspecified atom stereocenters. The molecular formula is C23H27N5O3S. The Morgan fingerprint density at radius 2 is 1.81 bits per heavy atom. The Morgan fingerprint density at radius 1 is 1.12 bits per heavy atom. The van der Waals surface area contributed by atoms with E-state index in [-0.39, 0.29) is 0 Å². The number of fused-ring (bicyclic) bond motifs is 3. The molecule has 0 amide bonds. The van der Waals surface area contributed by atoms with Crippen LogP contribution in [0.25, 0.3) is 33.1 Å². The summed E-state index contributed by atoms with van der Waals surface area (Å²) in [6.07, 6.45) is 2.53. The molecule has 32 heavy (non-hydrogen) atoms. The van der Waals surface area contributed by atoms with Gasteiger partial charge in [0.1, 0.15) is 11.3 Å². The lowest BCUT2D eigenvalue weighted by atomic mass is 10.0. The minimum absolute atomic E-state index is 0.440. The number of hydrogen-bond acceptors (Lipinski definition) is 7. The first-order chi connectivity index (χ1) is 15.3. The lowest BCUT2D eigenvalue weighted by Gasteiger charge is -2.13. The largest absolute Gasteiger partial charge is 0.392 e. The van der Waals surface area contributed by atoms with Crippen LogP contribution < -0.4 is 5.73 Å². The van der Waals surface area contributed by atoms with Crippen LogP contribution in [0.5, 0.6) is 0 Å². The number of anilines is 1. The maximum Gasteiger partial charge on any atom is 0.308 e. The second kappa shape index (κ2) is 10.3. The van der Waals surface area contributed by atoms with Gasteiger partial charge in [0.05, 0.1) is 23.7 Å². The molecule has 0 aliphatic rings. The molecular weight excluding hydrogens is 426 g/mol. The molecule has 0 saturated heterocycles. The van der Waals surface area contributed by atoms with Gasteiger partial charge in [0.25, 0.3) is 0 Å². The van der Waals surface area contributed by atoms with E-state index in [4.69, 9.17) is 23.9 Å². The van der Waals surface area contributed by atoms with Gasteiger partial charge in [-0.25, -0.2) is 9.97 Å². The van der Waals surface area contributed by atoms with Crippen LogP contribution in [0.4, 0.5) is 5.82 Å². The molecule has 8 nitrogen and oxygen atoms in total. The normalized spacial score (nSPS) is 11.8. The molecule has 0 fully saturated rings. The minimum atomic E-state index is -2.61. The van der Waals surface area contributed by atoms with E-state index in [0.29, 0.717) is 12.4 Å². The van der Waals surface area contributed by atoms with Crippen molar-refractivity contribution in [1.29, 1.82) is 4.78 Å². The van der Waals surface area contributed by atoms with Gasteiger partial charge in [-0.15, -0.1) is 0 Å². The van der Waals surface area contributed by atoms with Crippen molar-refractivity contribution in [3.8, 4) is 11.1 Å². The number of hydrogen-bond donors (Lipinski definition) is 3. The maximum atomic E-state index is 10.1. The molecule has 2 aromatic carbocycles. The highest BCUT2D eigenvalue weighted by molar-refractivity contribution is 7.60. The minimum Gasteiger partial charge on any atom is -0.392 e. The molecule has 1 atom stereocenters. The van der Waals surface area contributed by atoms with Crippen LogP contribution in [-0.2, 0) is 23.5 Å². The van der Waals surface area contributed by atoms with Crippen LogP contribution >= 0.6 is 0 Å². The number of nitrogens with one attached hydrogen (secondary N) is 1. The van der Waals surface area contributed by atoms with E-state index in [2.05, 4.69) is 46.8 Å². The van der Waals surface area contributed by atoms with Crippen molar-refractivity contribution in [1.82, 2.24) is 14.5 Å². The number of imidazole rings is 1. The molecule has 9 heteroatoms. The van der Waals surface area contributed by atoms with Crippen molar-refractivity contribution in [2.45, 2.75) is 45.8 Å². The molecule has 0 radical (unpaired) electrons. The Kier molecular flexibility index (Phi) is 7.55. The third-order valence-electron chi connectivity index (χ3n) is 5.09. The van der Waals surface area contributed by atoms with E-state index < -0.39 is 16.6 Å². The zero-order valence-electron chi connectivity index (χ0n) is 18.1. The monoisotopic (exact) mass is 453 g/mol. The third-order valence-corrected chi connectivity index (χ3v) is 5.09. The molecule has 2 heterocycles. The standard InChI is InChI=1S/C23H26N4O.HNO2S/c1-3-4-10-20-26-21-22(27(20)14-15(2)28)18-12-11-17(13-19(18)25-23(21)24)16-8-6-5-7-9-16;1-4(2)3/h5-9,11-13,15,28H,3-4,10,14H2,1-2H3,(H2,24,25);1H. The number of nitrogen functional groups attached to an aromatic ring is 1. The van der Waals surface area contributed by atoms with Gasteiger partial charge in [-0.1, -0.05) is 55.8 Å². The summed E-state index contributed by atoms with van der Waals surface area (Å²) in [5, 5.41) is 11.1. The summed E-state index contributed by atoms with van der Waals surface area (Å²) in [5.41, 5.74) is 11.1. The number of nitrogens with two attached hydrogens (primary N) is 1. The summed E-state index contributed by atoms with van der Waals surface area (Å²) in [6.45, 7) is 4.46. The Bertz CT molecular complexity index is 1330. The van der Waals surface area contributed by atoms with Crippen molar-refractivity contribution in [2.75, 3.05) is 5.73 Å². The smallest absolute Gasteiger partial charge is 0.308 e. The van der Waals surface area contributed by atoms with Crippen LogP contribution in [0.1, 0.15) is 32.5 Å². The van der Waals surface area contributed by atoms with Crippen molar-refractivity contribution in [3.05, 3.63) is 54.4 Å². The van der Waals surface area contributed by atoms with Crippen molar-refractivity contribution in [3.63, 3.8) is 0 Å². The number of aliphatic hydroxyl groups is 1. The fraction of sp³-hybridized carbons (Fsp3) is 0.304. The van der Waals surface area contributed by atoms with Crippen LogP contribution in [0.2, 0.25) is 0 Å². The summed E-state index contributed by atoms with van der Waals surface area (Å²) in [6, 6.07) is 16.5. The molecule has 4 aromatic rings. The lowest BCUT2D eigenvalue weighted by Crippen LogP contribution is -2.14. The Hall–Kier alpha value is -3.30. The molecule has 0 aliphatic carbocycles. The number of aryl methyl sites for hydroxylation is 1. The van der Waals surface area contributed by atoms with Gasteiger partial charge in [-0.05, 0) is 30.5 Å². The SMILES string of the molecule is CCCCc1nc2c(N)nc3cc(-c4ccccc4)ccc3c2n1CC(C)O.N=S(=O)=O. The average molecular weight is 454 g/mol. The third kappa shape index (κ3) is 5.30. The summed E-state index contributed by atoms with van der Waals surface area (Å²) < 4.78 is 25.0.